The van der Waals surface area contributed by atoms with Gasteiger partial charge in [-0.3, -0.25) is 9.59 Å². The van der Waals surface area contributed by atoms with E-state index < -0.39 is 11.3 Å². The summed E-state index contributed by atoms with van der Waals surface area (Å²) in [6, 6.07) is 0. The second-order valence-corrected chi connectivity index (χ2v) is 6.97. The van der Waals surface area contributed by atoms with Crippen molar-refractivity contribution in [3.63, 3.8) is 0 Å². The summed E-state index contributed by atoms with van der Waals surface area (Å²) in [5, 5.41) is 5.18. The SMILES string of the molecule is CCCc1nn2c(N)c(C=C3C=C(Cl)C(=O)C(Cl)=C3)c(=O)nc2s1. The van der Waals surface area contributed by atoms with E-state index in [4.69, 9.17) is 28.9 Å². The van der Waals surface area contributed by atoms with Gasteiger partial charge in [0.1, 0.15) is 10.8 Å². The lowest BCUT2D eigenvalue weighted by atomic mass is 10.1. The molecule has 2 heterocycles. The number of nitrogens with zero attached hydrogens (tertiary/aromatic N) is 3. The van der Waals surface area contributed by atoms with Crippen molar-refractivity contribution in [2.45, 2.75) is 19.8 Å². The van der Waals surface area contributed by atoms with E-state index in [0.29, 0.717) is 10.5 Å². The van der Waals surface area contributed by atoms with E-state index >= 15 is 0 Å². The minimum absolute atomic E-state index is 0.0275. The van der Waals surface area contributed by atoms with Crippen LogP contribution in [0.5, 0.6) is 0 Å². The highest BCUT2D eigenvalue weighted by atomic mass is 35.5. The first kappa shape index (κ1) is 16.9. The van der Waals surface area contributed by atoms with Crippen LogP contribution in [0, 0.1) is 0 Å². The quantitative estimate of drug-likeness (QED) is 0.880. The molecule has 0 amide bonds. The molecule has 0 unspecified atom stereocenters. The fourth-order valence-electron chi connectivity index (χ4n) is 2.20. The first-order chi connectivity index (χ1) is 11.4. The van der Waals surface area contributed by atoms with Gasteiger partial charge in [0.15, 0.2) is 0 Å². The summed E-state index contributed by atoms with van der Waals surface area (Å²) >= 11 is 13.0. The van der Waals surface area contributed by atoms with E-state index in [1.807, 2.05) is 6.92 Å². The number of carbonyl (C=O) groups is 1. The fraction of sp³-hybridized carbons (Fsp3) is 0.200. The second-order valence-electron chi connectivity index (χ2n) is 5.11. The number of hydrogen-bond donors (Lipinski definition) is 1. The Kier molecular flexibility index (Phi) is 4.58. The predicted molar refractivity (Wildman–Crippen MR) is 96.4 cm³/mol. The van der Waals surface area contributed by atoms with Crippen molar-refractivity contribution < 1.29 is 4.79 Å². The Bertz CT molecular complexity index is 977. The van der Waals surface area contributed by atoms with Crippen LogP contribution in [0.25, 0.3) is 11.0 Å². The minimum atomic E-state index is -0.474. The number of fused-ring (bicyclic) bond motifs is 1. The number of aromatic nitrogens is 3. The lowest BCUT2D eigenvalue weighted by Crippen LogP contribution is -2.17. The molecule has 0 saturated carbocycles. The average molecular weight is 383 g/mol. The molecule has 0 fully saturated rings. The summed E-state index contributed by atoms with van der Waals surface area (Å²) in [5.74, 6) is -0.278. The molecule has 2 aromatic rings. The van der Waals surface area contributed by atoms with Gasteiger partial charge in [-0.05, 0) is 30.2 Å². The number of aryl methyl sites for hydroxylation is 1. The first-order valence-electron chi connectivity index (χ1n) is 7.09. The monoisotopic (exact) mass is 382 g/mol. The molecule has 24 heavy (non-hydrogen) atoms. The topological polar surface area (TPSA) is 90.4 Å². The third kappa shape index (κ3) is 3.02. The maximum Gasteiger partial charge on any atom is 0.283 e. The smallest absolute Gasteiger partial charge is 0.283 e. The highest BCUT2D eigenvalue weighted by molar-refractivity contribution is 7.16. The molecule has 2 N–H and O–H groups in total. The van der Waals surface area contributed by atoms with E-state index in [1.54, 1.807) is 0 Å². The largest absolute Gasteiger partial charge is 0.383 e. The molecule has 1 aliphatic carbocycles. The van der Waals surface area contributed by atoms with E-state index in [9.17, 15) is 9.59 Å². The molecular formula is C15H12Cl2N4O2S. The summed E-state index contributed by atoms with van der Waals surface area (Å²) in [5.41, 5.74) is 6.28. The van der Waals surface area contributed by atoms with Crippen LogP contribution in [-0.2, 0) is 11.2 Å². The van der Waals surface area contributed by atoms with E-state index in [2.05, 4.69) is 10.1 Å². The van der Waals surface area contributed by atoms with Crippen LogP contribution < -0.4 is 11.3 Å². The number of allylic oxidation sites excluding steroid dienone is 5. The van der Waals surface area contributed by atoms with Gasteiger partial charge in [0.2, 0.25) is 10.7 Å². The molecule has 3 rings (SSSR count). The molecule has 0 aliphatic heterocycles. The number of ketones is 1. The molecule has 0 spiro atoms. The maximum atomic E-state index is 12.3. The van der Waals surface area contributed by atoms with Gasteiger partial charge in [-0.1, -0.05) is 41.5 Å². The van der Waals surface area contributed by atoms with Gasteiger partial charge in [0.25, 0.3) is 5.56 Å². The lowest BCUT2D eigenvalue weighted by molar-refractivity contribution is -0.111. The van der Waals surface area contributed by atoms with Crippen molar-refractivity contribution in [1.29, 1.82) is 0 Å². The van der Waals surface area contributed by atoms with Crippen molar-refractivity contribution in [3.8, 4) is 0 Å². The highest BCUT2D eigenvalue weighted by Gasteiger charge is 2.18. The van der Waals surface area contributed by atoms with Gasteiger partial charge in [0.05, 0.1) is 15.6 Å². The molecule has 1 aliphatic rings. The van der Waals surface area contributed by atoms with Crippen LogP contribution in [0.1, 0.15) is 23.9 Å². The standard InChI is InChI=1S/C15H12Cl2N4O2S/c1-2-3-11-20-21-13(18)8(14(23)19-15(21)24-11)4-7-5-9(16)12(22)10(17)6-7/h4-6H,2-3,18H2,1H3. The fourth-order valence-corrected chi connectivity index (χ4v) is 3.70. The van der Waals surface area contributed by atoms with Gasteiger partial charge in [0, 0.05) is 6.42 Å². The third-order valence-electron chi connectivity index (χ3n) is 3.33. The van der Waals surface area contributed by atoms with Gasteiger partial charge in [-0.15, -0.1) is 0 Å². The second kappa shape index (κ2) is 6.51. The summed E-state index contributed by atoms with van der Waals surface area (Å²) in [4.78, 5) is 28.3. The molecule has 2 aromatic heterocycles. The van der Waals surface area contributed by atoms with Crippen LogP contribution in [0.15, 0.2) is 32.6 Å². The summed E-state index contributed by atoms with van der Waals surface area (Å²) < 4.78 is 1.45. The van der Waals surface area contributed by atoms with Crippen LogP contribution in [-0.4, -0.2) is 20.4 Å². The zero-order chi connectivity index (χ0) is 17.4. The summed E-state index contributed by atoms with van der Waals surface area (Å²) in [7, 11) is 0. The zero-order valence-electron chi connectivity index (χ0n) is 12.5. The lowest BCUT2D eigenvalue weighted by Gasteiger charge is -2.07. The number of Topliss-reactive ketones (excluding diaryl/α,β-unsaturated/α-hetero) is 1. The minimum Gasteiger partial charge on any atom is -0.383 e. The van der Waals surface area contributed by atoms with Crippen LogP contribution in [0.2, 0.25) is 0 Å². The predicted octanol–water partition coefficient (Wildman–Crippen LogP) is 2.90. The van der Waals surface area contributed by atoms with Gasteiger partial charge in [-0.2, -0.15) is 14.6 Å². The summed E-state index contributed by atoms with van der Waals surface area (Å²) in [6.07, 6.45) is 6.06. The molecule has 0 saturated heterocycles. The molecule has 0 bridgehead atoms. The Morgan fingerprint density at radius 3 is 2.58 bits per heavy atom. The number of anilines is 1. The number of halogens is 2. The number of carbonyl (C=O) groups excluding carboxylic acids is 1. The van der Waals surface area contributed by atoms with Gasteiger partial charge < -0.3 is 5.73 Å². The Morgan fingerprint density at radius 1 is 1.29 bits per heavy atom. The molecular weight excluding hydrogens is 371 g/mol. The highest BCUT2D eigenvalue weighted by Crippen LogP contribution is 2.26. The molecule has 0 aromatic carbocycles. The zero-order valence-corrected chi connectivity index (χ0v) is 14.9. The number of nitrogens with two attached hydrogens (primary N) is 1. The Balaban J connectivity index is 2.15. The van der Waals surface area contributed by atoms with Crippen molar-refractivity contribution in [2.24, 2.45) is 0 Å². The van der Waals surface area contributed by atoms with Crippen molar-refractivity contribution in [2.75, 3.05) is 5.73 Å². The normalized spacial score (nSPS) is 14.8. The molecule has 0 radical (unpaired) electrons. The van der Waals surface area contributed by atoms with Crippen LogP contribution >= 0.6 is 34.5 Å². The molecule has 9 heteroatoms. The van der Waals surface area contributed by atoms with E-state index in [0.717, 1.165) is 17.8 Å². The van der Waals surface area contributed by atoms with Gasteiger partial charge in [-0.25, -0.2) is 0 Å². The molecule has 6 nitrogen and oxygen atoms in total. The Morgan fingerprint density at radius 2 is 1.96 bits per heavy atom. The third-order valence-corrected chi connectivity index (χ3v) is 4.86. The van der Waals surface area contributed by atoms with Crippen molar-refractivity contribution >= 4 is 57.2 Å². The molecule has 124 valence electrons. The van der Waals surface area contributed by atoms with Gasteiger partial charge >= 0.3 is 0 Å². The summed E-state index contributed by atoms with van der Waals surface area (Å²) in [6.45, 7) is 2.04. The van der Waals surface area contributed by atoms with E-state index in [-0.39, 0.29) is 21.4 Å². The van der Waals surface area contributed by atoms with E-state index in [1.165, 1.54) is 34.1 Å². The number of rotatable bonds is 3. The Labute approximate surface area is 150 Å². The number of nitrogen functional groups attached to an aromatic ring is 1. The van der Waals surface area contributed by atoms with Crippen LogP contribution in [0.3, 0.4) is 0 Å². The van der Waals surface area contributed by atoms with Crippen molar-refractivity contribution in [3.05, 3.63) is 48.7 Å². The number of hydrogen-bond acceptors (Lipinski definition) is 6. The van der Waals surface area contributed by atoms with Crippen molar-refractivity contribution in [1.82, 2.24) is 14.6 Å². The van der Waals surface area contributed by atoms with Crippen LogP contribution in [0.4, 0.5) is 5.82 Å². The first-order valence-corrected chi connectivity index (χ1v) is 8.67. The maximum absolute atomic E-state index is 12.3. The average Bonchev–Trinajstić information content (AvgIpc) is 2.92. The molecule has 0 atom stereocenters. The Hall–Kier alpha value is -1.96.